The van der Waals surface area contributed by atoms with Gasteiger partial charge in [0.25, 0.3) is 5.56 Å². The third kappa shape index (κ3) is 4.84. The fraction of sp³-hybridized carbons (Fsp3) is 0.280. The fourth-order valence-electron chi connectivity index (χ4n) is 3.99. The number of aryl methyl sites for hydroxylation is 1. The molecule has 0 bridgehead atoms. The molecule has 7 heteroatoms. The van der Waals surface area contributed by atoms with Crippen molar-refractivity contribution in [2.45, 2.75) is 39.9 Å². The number of aromatic nitrogens is 2. The Bertz CT molecular complexity index is 1200. The van der Waals surface area contributed by atoms with Gasteiger partial charge in [-0.25, -0.2) is 4.98 Å². The number of carbonyl (C=O) groups excluding carboxylic acids is 2. The van der Waals surface area contributed by atoms with E-state index in [4.69, 9.17) is 0 Å². The largest absolute Gasteiger partial charge is 0.325 e. The Morgan fingerprint density at radius 3 is 2.47 bits per heavy atom. The molecule has 1 N–H and O–H groups in total. The van der Waals surface area contributed by atoms with Gasteiger partial charge in [-0.05, 0) is 50.1 Å². The van der Waals surface area contributed by atoms with Crippen LogP contribution in [0.3, 0.4) is 0 Å². The van der Waals surface area contributed by atoms with E-state index in [2.05, 4.69) is 27.3 Å². The summed E-state index contributed by atoms with van der Waals surface area (Å²) >= 11 is 0. The van der Waals surface area contributed by atoms with Crippen LogP contribution in [0.4, 0.5) is 5.69 Å². The topological polar surface area (TPSA) is 84.3 Å². The standard InChI is InChI=1S/C25H26N4O3/c1-17(30)20-8-10-21(11-9-20)27-24(31)16-29-18(2)26-23-15-28(13-12-22(23)25(29)32)14-19-6-4-3-5-7-19/h3-11H,12-16H2,1-2H3,(H,27,31). The number of carbonyl (C=O) groups is 2. The van der Waals surface area contributed by atoms with Crippen molar-refractivity contribution in [3.8, 4) is 0 Å². The minimum absolute atomic E-state index is 0.0347. The normalized spacial score (nSPS) is 13.4. The van der Waals surface area contributed by atoms with Crippen molar-refractivity contribution in [2.75, 3.05) is 11.9 Å². The molecule has 0 radical (unpaired) electrons. The second-order valence-corrected chi connectivity index (χ2v) is 8.10. The summed E-state index contributed by atoms with van der Waals surface area (Å²) in [5.41, 5.74) is 3.73. The number of nitrogens with zero attached hydrogens (tertiary/aromatic N) is 3. The van der Waals surface area contributed by atoms with Crippen LogP contribution in [0.1, 0.15) is 39.9 Å². The summed E-state index contributed by atoms with van der Waals surface area (Å²) < 4.78 is 1.44. The van der Waals surface area contributed by atoms with Gasteiger partial charge < -0.3 is 5.32 Å². The highest BCUT2D eigenvalue weighted by Gasteiger charge is 2.23. The number of benzene rings is 2. The predicted molar refractivity (Wildman–Crippen MR) is 123 cm³/mol. The van der Waals surface area contributed by atoms with E-state index in [0.29, 0.717) is 35.6 Å². The van der Waals surface area contributed by atoms with Crippen LogP contribution in [0, 0.1) is 6.92 Å². The first-order valence-corrected chi connectivity index (χ1v) is 10.7. The molecule has 1 aromatic heterocycles. The lowest BCUT2D eigenvalue weighted by Crippen LogP contribution is -2.39. The summed E-state index contributed by atoms with van der Waals surface area (Å²) in [6.07, 6.45) is 0.613. The Kier molecular flexibility index (Phi) is 6.28. The molecule has 0 aliphatic carbocycles. The van der Waals surface area contributed by atoms with Crippen LogP contribution in [0.5, 0.6) is 0 Å². The second-order valence-electron chi connectivity index (χ2n) is 8.10. The summed E-state index contributed by atoms with van der Waals surface area (Å²) in [5, 5.41) is 2.78. The molecule has 7 nitrogen and oxygen atoms in total. The maximum atomic E-state index is 13.1. The minimum atomic E-state index is -0.311. The monoisotopic (exact) mass is 430 g/mol. The lowest BCUT2D eigenvalue weighted by atomic mass is 10.1. The fourth-order valence-corrected chi connectivity index (χ4v) is 3.99. The van der Waals surface area contributed by atoms with E-state index in [0.717, 1.165) is 18.8 Å². The minimum Gasteiger partial charge on any atom is -0.325 e. The van der Waals surface area contributed by atoms with Gasteiger partial charge in [-0.1, -0.05) is 30.3 Å². The molecule has 0 spiro atoms. The second kappa shape index (κ2) is 9.28. The molecule has 0 fully saturated rings. The zero-order chi connectivity index (χ0) is 22.7. The summed E-state index contributed by atoms with van der Waals surface area (Å²) in [6, 6.07) is 16.9. The van der Waals surface area contributed by atoms with Crippen LogP contribution >= 0.6 is 0 Å². The Balaban J connectivity index is 1.46. The van der Waals surface area contributed by atoms with Crippen LogP contribution in [0.2, 0.25) is 0 Å². The molecule has 32 heavy (non-hydrogen) atoms. The van der Waals surface area contributed by atoms with E-state index < -0.39 is 0 Å². The molecule has 3 aromatic rings. The molecule has 0 saturated heterocycles. The molecule has 4 rings (SSSR count). The number of anilines is 1. The van der Waals surface area contributed by atoms with E-state index in [1.165, 1.54) is 17.1 Å². The van der Waals surface area contributed by atoms with Crippen LogP contribution in [-0.4, -0.2) is 32.7 Å². The lowest BCUT2D eigenvalue weighted by Gasteiger charge is -2.28. The number of Topliss-reactive ketones (excluding diaryl/α,β-unsaturated/α-hetero) is 1. The van der Waals surface area contributed by atoms with Gasteiger partial charge >= 0.3 is 0 Å². The molecule has 0 atom stereocenters. The number of hydrogen-bond acceptors (Lipinski definition) is 5. The maximum Gasteiger partial charge on any atom is 0.257 e. The van der Waals surface area contributed by atoms with Gasteiger partial charge in [0.1, 0.15) is 12.4 Å². The number of amides is 1. The molecular formula is C25H26N4O3. The molecule has 0 unspecified atom stereocenters. The van der Waals surface area contributed by atoms with Crippen molar-refractivity contribution in [2.24, 2.45) is 0 Å². The van der Waals surface area contributed by atoms with E-state index >= 15 is 0 Å². The summed E-state index contributed by atoms with van der Waals surface area (Å²) in [5.74, 6) is 0.180. The van der Waals surface area contributed by atoms with Crippen LogP contribution in [0.25, 0.3) is 0 Å². The number of rotatable bonds is 6. The smallest absolute Gasteiger partial charge is 0.257 e. The number of fused-ring (bicyclic) bond motifs is 1. The van der Waals surface area contributed by atoms with Crippen molar-refractivity contribution in [3.63, 3.8) is 0 Å². The number of nitrogens with one attached hydrogen (secondary N) is 1. The third-order valence-corrected chi connectivity index (χ3v) is 5.72. The van der Waals surface area contributed by atoms with Crippen molar-refractivity contribution in [3.05, 3.63) is 93.2 Å². The average Bonchev–Trinajstić information content (AvgIpc) is 2.77. The van der Waals surface area contributed by atoms with E-state index in [9.17, 15) is 14.4 Å². The summed E-state index contributed by atoms with van der Waals surface area (Å²) in [7, 11) is 0. The lowest BCUT2D eigenvalue weighted by molar-refractivity contribution is -0.116. The average molecular weight is 431 g/mol. The van der Waals surface area contributed by atoms with Gasteiger partial charge in [0, 0.05) is 36.4 Å². The van der Waals surface area contributed by atoms with Gasteiger partial charge in [0.15, 0.2) is 5.78 Å². The SMILES string of the molecule is CC(=O)c1ccc(NC(=O)Cn2c(C)nc3c(c2=O)CCN(Cc2ccccc2)C3)cc1. The first-order valence-electron chi connectivity index (χ1n) is 10.7. The Labute approximate surface area is 186 Å². The van der Waals surface area contributed by atoms with Crippen LogP contribution in [0.15, 0.2) is 59.4 Å². The van der Waals surface area contributed by atoms with Crippen molar-refractivity contribution >= 4 is 17.4 Å². The van der Waals surface area contributed by atoms with Gasteiger partial charge in [-0.3, -0.25) is 23.9 Å². The van der Waals surface area contributed by atoms with Crippen molar-refractivity contribution in [1.82, 2.24) is 14.5 Å². The molecule has 0 saturated carbocycles. The van der Waals surface area contributed by atoms with E-state index in [1.54, 1.807) is 31.2 Å². The van der Waals surface area contributed by atoms with Crippen molar-refractivity contribution < 1.29 is 9.59 Å². The third-order valence-electron chi connectivity index (χ3n) is 5.72. The molecule has 164 valence electrons. The zero-order valence-electron chi connectivity index (χ0n) is 18.3. The molecule has 1 amide bonds. The zero-order valence-corrected chi connectivity index (χ0v) is 18.3. The summed E-state index contributed by atoms with van der Waals surface area (Å²) in [6.45, 7) is 5.36. The molecule has 2 aromatic carbocycles. The molecule has 1 aliphatic rings. The highest BCUT2D eigenvalue weighted by molar-refractivity contribution is 5.95. The Morgan fingerprint density at radius 2 is 1.78 bits per heavy atom. The quantitative estimate of drug-likeness (QED) is 0.608. The Hall–Kier alpha value is -3.58. The number of hydrogen-bond donors (Lipinski definition) is 1. The van der Waals surface area contributed by atoms with Crippen LogP contribution in [-0.2, 0) is 30.8 Å². The first-order chi connectivity index (χ1) is 15.4. The highest BCUT2D eigenvalue weighted by atomic mass is 16.2. The maximum absolute atomic E-state index is 13.1. The van der Waals surface area contributed by atoms with Crippen molar-refractivity contribution in [1.29, 1.82) is 0 Å². The van der Waals surface area contributed by atoms with E-state index in [1.807, 2.05) is 18.2 Å². The summed E-state index contributed by atoms with van der Waals surface area (Å²) in [4.78, 5) is 44.0. The molecule has 1 aliphatic heterocycles. The predicted octanol–water partition coefficient (Wildman–Crippen LogP) is 2.95. The molecular weight excluding hydrogens is 404 g/mol. The number of ketones is 1. The van der Waals surface area contributed by atoms with Gasteiger partial charge in [0.2, 0.25) is 5.91 Å². The molecule has 2 heterocycles. The van der Waals surface area contributed by atoms with Crippen LogP contribution < -0.4 is 10.9 Å². The van der Waals surface area contributed by atoms with Gasteiger partial charge in [0.05, 0.1) is 5.69 Å². The van der Waals surface area contributed by atoms with Gasteiger partial charge in [-0.2, -0.15) is 0 Å². The Morgan fingerprint density at radius 1 is 1.06 bits per heavy atom. The first kappa shape index (κ1) is 21.6. The van der Waals surface area contributed by atoms with E-state index in [-0.39, 0.29) is 23.8 Å². The highest BCUT2D eigenvalue weighted by Crippen LogP contribution is 2.17. The van der Waals surface area contributed by atoms with Gasteiger partial charge in [-0.15, -0.1) is 0 Å².